The predicted molar refractivity (Wildman–Crippen MR) is 77.3 cm³/mol. The number of carbonyl (C=O) groups excluding carboxylic acids is 1. The van der Waals surface area contributed by atoms with E-state index in [2.05, 4.69) is 20.8 Å². The third-order valence-electron chi connectivity index (χ3n) is 5.44. The minimum Gasteiger partial charge on any atom is -0.481 e. The highest BCUT2D eigenvalue weighted by Gasteiger charge is 2.62. The number of ether oxygens (including phenoxy) is 1. The number of fused-ring (bicyclic) bond motifs is 2. The van der Waals surface area contributed by atoms with Gasteiger partial charge >= 0.3 is 5.97 Å². The minimum atomic E-state index is -0.833. The van der Waals surface area contributed by atoms with Crippen molar-refractivity contribution in [3.05, 3.63) is 0 Å². The molecule has 2 aliphatic carbocycles. The molecule has 1 N–H and O–H groups in total. The maximum absolute atomic E-state index is 11.7. The second kappa shape index (κ2) is 5.74. The number of esters is 1. The fourth-order valence-corrected chi connectivity index (χ4v) is 3.58. The van der Waals surface area contributed by atoms with Gasteiger partial charge in [-0.25, -0.2) is 0 Å². The van der Waals surface area contributed by atoms with Crippen molar-refractivity contribution in [1.82, 2.24) is 0 Å². The van der Waals surface area contributed by atoms with Gasteiger partial charge in [0, 0.05) is 12.3 Å². The highest BCUT2D eigenvalue weighted by Crippen LogP contribution is 2.66. The molecule has 0 aromatic rings. The van der Waals surface area contributed by atoms with Crippen molar-refractivity contribution in [2.24, 2.45) is 22.7 Å². The lowest BCUT2D eigenvalue weighted by Crippen LogP contribution is -2.39. The van der Waals surface area contributed by atoms with Crippen LogP contribution in [-0.4, -0.2) is 23.1 Å². The van der Waals surface area contributed by atoms with Crippen molar-refractivity contribution < 1.29 is 19.4 Å². The summed E-state index contributed by atoms with van der Waals surface area (Å²) in [6.45, 7) is 11.9. The summed E-state index contributed by atoms with van der Waals surface area (Å²) in [7, 11) is 0. The topological polar surface area (TPSA) is 63.6 Å². The van der Waals surface area contributed by atoms with Gasteiger partial charge in [-0.3, -0.25) is 9.59 Å². The van der Waals surface area contributed by atoms with Crippen LogP contribution in [0.15, 0.2) is 0 Å². The third kappa shape index (κ3) is 2.99. The number of carboxylic acids is 1. The van der Waals surface area contributed by atoms with E-state index in [9.17, 15) is 4.79 Å². The first kappa shape index (κ1) is 17.0. The van der Waals surface area contributed by atoms with Gasteiger partial charge in [0.2, 0.25) is 0 Å². The van der Waals surface area contributed by atoms with E-state index in [1.54, 1.807) is 0 Å². The second-order valence-electron chi connectivity index (χ2n) is 7.21. The van der Waals surface area contributed by atoms with E-state index in [-0.39, 0.29) is 23.4 Å². The Morgan fingerprint density at radius 2 is 1.75 bits per heavy atom. The molecule has 20 heavy (non-hydrogen) atoms. The molecule has 2 bridgehead atoms. The smallest absolute Gasteiger partial charge is 0.308 e. The maximum atomic E-state index is 11.7. The fourth-order valence-electron chi connectivity index (χ4n) is 3.58. The Balaban J connectivity index is 0.000000444. The summed E-state index contributed by atoms with van der Waals surface area (Å²) in [5, 5.41) is 7.42. The average molecular weight is 284 g/mol. The largest absolute Gasteiger partial charge is 0.481 e. The summed E-state index contributed by atoms with van der Waals surface area (Å²) >= 11 is 0. The lowest BCUT2D eigenvalue weighted by molar-refractivity contribution is -0.160. The Labute approximate surface area is 121 Å². The summed E-state index contributed by atoms with van der Waals surface area (Å²) in [4.78, 5) is 20.7. The number of rotatable bonds is 2. The molecule has 0 aromatic carbocycles. The molecule has 3 atom stereocenters. The number of hydrogen-bond donors (Lipinski definition) is 1. The van der Waals surface area contributed by atoms with Gasteiger partial charge < -0.3 is 9.84 Å². The standard InChI is InChI=1S/C14H24O2.C2H4O2/c1-9(2)12(15)16-11-8-10-6-7-14(11,5)13(10,3)4;1-2(3)4/h9-11H,6-8H2,1-5H3;1H3,(H,3,4)/t10-,11+,14-;/m1./s1. The van der Waals surface area contributed by atoms with E-state index in [0.717, 1.165) is 19.3 Å². The first-order valence-electron chi connectivity index (χ1n) is 7.42. The first-order chi connectivity index (χ1) is 9.02. The van der Waals surface area contributed by atoms with Crippen LogP contribution in [0.25, 0.3) is 0 Å². The van der Waals surface area contributed by atoms with Gasteiger partial charge in [-0.2, -0.15) is 0 Å². The molecule has 2 aliphatic rings. The molecule has 0 spiro atoms. The lowest BCUT2D eigenvalue weighted by atomic mass is 9.70. The quantitative estimate of drug-likeness (QED) is 0.788. The van der Waals surface area contributed by atoms with Crippen LogP contribution >= 0.6 is 0 Å². The zero-order valence-corrected chi connectivity index (χ0v) is 13.5. The van der Waals surface area contributed by atoms with Gasteiger partial charge in [0.25, 0.3) is 5.97 Å². The number of carbonyl (C=O) groups is 2. The Hall–Kier alpha value is -1.06. The molecule has 0 heterocycles. The molecule has 0 amide bonds. The van der Waals surface area contributed by atoms with Crippen molar-refractivity contribution in [3.8, 4) is 0 Å². The van der Waals surface area contributed by atoms with Crippen molar-refractivity contribution in [2.75, 3.05) is 0 Å². The van der Waals surface area contributed by atoms with Crippen LogP contribution in [0.3, 0.4) is 0 Å². The summed E-state index contributed by atoms with van der Waals surface area (Å²) in [6.07, 6.45) is 3.73. The molecule has 0 saturated heterocycles. The molecular weight excluding hydrogens is 256 g/mol. The monoisotopic (exact) mass is 284 g/mol. The summed E-state index contributed by atoms with van der Waals surface area (Å²) < 4.78 is 5.71. The molecule has 2 saturated carbocycles. The second-order valence-corrected chi connectivity index (χ2v) is 7.21. The Bertz CT molecular complexity index is 382. The van der Waals surface area contributed by atoms with Crippen molar-refractivity contribution in [1.29, 1.82) is 0 Å². The highest BCUT2D eigenvalue weighted by molar-refractivity contribution is 5.71. The zero-order valence-electron chi connectivity index (χ0n) is 13.5. The van der Waals surface area contributed by atoms with Crippen molar-refractivity contribution in [2.45, 2.75) is 66.9 Å². The van der Waals surface area contributed by atoms with E-state index in [1.165, 1.54) is 12.8 Å². The SMILES string of the molecule is CC(=O)O.CC(C)C(=O)O[C@H]1C[C@H]2CC[C@@]1(C)C2(C)C. The van der Waals surface area contributed by atoms with Gasteiger partial charge in [0.1, 0.15) is 6.10 Å². The first-order valence-corrected chi connectivity index (χ1v) is 7.42. The van der Waals surface area contributed by atoms with Crippen LogP contribution in [-0.2, 0) is 14.3 Å². The molecule has 0 aromatic heterocycles. The van der Waals surface area contributed by atoms with E-state index < -0.39 is 5.97 Å². The van der Waals surface area contributed by atoms with Crippen LogP contribution < -0.4 is 0 Å². The van der Waals surface area contributed by atoms with Gasteiger partial charge in [-0.15, -0.1) is 0 Å². The molecule has 0 aliphatic heterocycles. The van der Waals surface area contributed by atoms with Gasteiger partial charge in [0.05, 0.1) is 5.92 Å². The Morgan fingerprint density at radius 1 is 1.25 bits per heavy atom. The molecule has 0 unspecified atom stereocenters. The van der Waals surface area contributed by atoms with Crippen LogP contribution in [0, 0.1) is 22.7 Å². The summed E-state index contributed by atoms with van der Waals surface area (Å²) in [5.74, 6) is -0.136. The number of aliphatic carboxylic acids is 1. The molecule has 4 nitrogen and oxygen atoms in total. The predicted octanol–water partition coefficient (Wildman–Crippen LogP) is 3.49. The molecule has 0 radical (unpaired) electrons. The van der Waals surface area contributed by atoms with Crippen LogP contribution in [0.1, 0.15) is 60.8 Å². The Morgan fingerprint density at radius 3 is 2.05 bits per heavy atom. The van der Waals surface area contributed by atoms with Gasteiger partial charge in [-0.05, 0) is 30.6 Å². The minimum absolute atomic E-state index is 0.00848. The molecule has 4 heteroatoms. The number of carboxylic acid groups (broad SMARTS) is 1. The van der Waals surface area contributed by atoms with Crippen molar-refractivity contribution >= 4 is 11.9 Å². The van der Waals surface area contributed by atoms with Gasteiger partial charge in [0.15, 0.2) is 0 Å². The lowest BCUT2D eigenvalue weighted by Gasteiger charge is -2.38. The Kier molecular flexibility index (Phi) is 4.88. The third-order valence-corrected chi connectivity index (χ3v) is 5.44. The van der Waals surface area contributed by atoms with Gasteiger partial charge in [-0.1, -0.05) is 34.6 Å². The molecule has 2 fully saturated rings. The number of hydrogen-bond acceptors (Lipinski definition) is 3. The molecule has 2 rings (SSSR count). The van der Waals surface area contributed by atoms with Crippen LogP contribution in [0.5, 0.6) is 0 Å². The van der Waals surface area contributed by atoms with E-state index in [0.29, 0.717) is 5.41 Å². The fraction of sp³-hybridized carbons (Fsp3) is 0.875. The normalized spacial score (nSPS) is 33.5. The summed E-state index contributed by atoms with van der Waals surface area (Å²) in [5.41, 5.74) is 0.525. The van der Waals surface area contributed by atoms with E-state index >= 15 is 0 Å². The summed E-state index contributed by atoms with van der Waals surface area (Å²) in [6, 6.07) is 0. The van der Waals surface area contributed by atoms with E-state index in [1.807, 2.05) is 13.8 Å². The van der Waals surface area contributed by atoms with Crippen LogP contribution in [0.4, 0.5) is 0 Å². The maximum Gasteiger partial charge on any atom is 0.308 e. The zero-order chi connectivity index (χ0) is 15.7. The average Bonchev–Trinajstić information content (AvgIpc) is 2.61. The highest BCUT2D eigenvalue weighted by atomic mass is 16.5. The van der Waals surface area contributed by atoms with E-state index in [4.69, 9.17) is 14.6 Å². The molecule has 116 valence electrons. The molecular formula is C16H28O4. The van der Waals surface area contributed by atoms with Crippen molar-refractivity contribution in [3.63, 3.8) is 0 Å². The van der Waals surface area contributed by atoms with Crippen LogP contribution in [0.2, 0.25) is 0 Å².